The van der Waals surface area contributed by atoms with Gasteiger partial charge in [0.1, 0.15) is 6.10 Å². The smallest absolute Gasteiger partial charge is 0.302 e. The lowest BCUT2D eigenvalue weighted by Gasteiger charge is -2.49. The van der Waals surface area contributed by atoms with Crippen molar-refractivity contribution in [1.82, 2.24) is 4.90 Å². The molecular formula is C15H19NO2. The highest BCUT2D eigenvalue weighted by Crippen LogP contribution is 2.40. The van der Waals surface area contributed by atoms with Crippen molar-refractivity contribution in [1.29, 1.82) is 0 Å². The van der Waals surface area contributed by atoms with Crippen molar-refractivity contribution >= 4 is 5.97 Å². The summed E-state index contributed by atoms with van der Waals surface area (Å²) in [6.45, 7) is 4.67. The third-order valence-electron chi connectivity index (χ3n) is 4.21. The van der Waals surface area contributed by atoms with E-state index in [0.29, 0.717) is 11.8 Å². The number of carbonyl (C=O) groups is 1. The molecule has 0 aliphatic carbocycles. The third kappa shape index (κ3) is 2.15. The monoisotopic (exact) mass is 245 g/mol. The minimum absolute atomic E-state index is 0.0789. The molecule has 0 N–H and O–H groups in total. The van der Waals surface area contributed by atoms with Gasteiger partial charge in [0.25, 0.3) is 0 Å². The maximum Gasteiger partial charge on any atom is 0.302 e. The van der Waals surface area contributed by atoms with Gasteiger partial charge in [0.15, 0.2) is 0 Å². The average molecular weight is 245 g/mol. The zero-order valence-corrected chi connectivity index (χ0v) is 10.7. The van der Waals surface area contributed by atoms with E-state index in [2.05, 4.69) is 35.2 Å². The van der Waals surface area contributed by atoms with Crippen molar-refractivity contribution in [3.63, 3.8) is 0 Å². The van der Waals surface area contributed by atoms with Gasteiger partial charge in [-0.1, -0.05) is 30.3 Å². The summed E-state index contributed by atoms with van der Waals surface area (Å²) in [6, 6.07) is 10.6. The average Bonchev–Trinajstić information content (AvgIpc) is 2.39. The Morgan fingerprint density at radius 1 is 1.28 bits per heavy atom. The van der Waals surface area contributed by atoms with Crippen LogP contribution in [-0.2, 0) is 9.53 Å². The molecule has 3 aliphatic heterocycles. The number of rotatable bonds is 2. The predicted octanol–water partition coefficient (Wildman–Crippen LogP) is 2.04. The summed E-state index contributed by atoms with van der Waals surface area (Å²) < 4.78 is 5.50. The van der Waals surface area contributed by atoms with E-state index < -0.39 is 0 Å². The predicted molar refractivity (Wildman–Crippen MR) is 69.3 cm³/mol. The van der Waals surface area contributed by atoms with Gasteiger partial charge in [-0.15, -0.1) is 0 Å². The van der Waals surface area contributed by atoms with Gasteiger partial charge < -0.3 is 4.74 Å². The molecule has 0 spiro atoms. The second-order valence-corrected chi connectivity index (χ2v) is 5.38. The summed E-state index contributed by atoms with van der Waals surface area (Å²) in [6.07, 6.45) is 1.22. The van der Waals surface area contributed by atoms with Gasteiger partial charge in [0.05, 0.1) is 0 Å². The first-order valence-electron chi connectivity index (χ1n) is 6.68. The molecule has 0 saturated carbocycles. The van der Waals surface area contributed by atoms with E-state index in [9.17, 15) is 4.79 Å². The van der Waals surface area contributed by atoms with Crippen molar-refractivity contribution in [3.8, 4) is 0 Å². The maximum absolute atomic E-state index is 11.2. The summed E-state index contributed by atoms with van der Waals surface area (Å²) in [5.74, 6) is 0.847. The van der Waals surface area contributed by atoms with Crippen LogP contribution >= 0.6 is 0 Å². The van der Waals surface area contributed by atoms with E-state index in [1.54, 1.807) is 0 Å². The fraction of sp³-hybridized carbons (Fsp3) is 0.533. The number of esters is 1. The minimum Gasteiger partial charge on any atom is -0.461 e. The molecule has 3 heteroatoms. The highest BCUT2D eigenvalue weighted by atomic mass is 16.5. The molecule has 1 aromatic carbocycles. The Morgan fingerprint density at radius 2 is 2.06 bits per heavy atom. The standard InChI is InChI=1S/C15H19NO2/c1-11(17)18-15-10-16-8-7-13(15)14(9-16)12-5-3-2-4-6-12/h2-6,13-15H,7-10H2,1H3/t13-,14-,15+/m1/s1. The van der Waals surface area contributed by atoms with Crippen LogP contribution in [0.5, 0.6) is 0 Å². The molecule has 3 nitrogen and oxygen atoms in total. The van der Waals surface area contributed by atoms with Crippen LogP contribution in [0.4, 0.5) is 0 Å². The highest BCUT2D eigenvalue weighted by Gasteiger charge is 2.43. The summed E-state index contributed by atoms with van der Waals surface area (Å²) >= 11 is 0. The lowest BCUT2D eigenvalue weighted by atomic mass is 9.74. The van der Waals surface area contributed by atoms with E-state index in [0.717, 1.165) is 26.1 Å². The summed E-state index contributed by atoms with van der Waals surface area (Å²) in [5.41, 5.74) is 1.38. The molecular weight excluding hydrogens is 226 g/mol. The Morgan fingerprint density at radius 3 is 2.72 bits per heavy atom. The van der Waals surface area contributed by atoms with Crippen LogP contribution in [-0.4, -0.2) is 36.6 Å². The molecule has 1 aromatic rings. The second-order valence-electron chi connectivity index (χ2n) is 5.38. The number of hydrogen-bond donors (Lipinski definition) is 0. The van der Waals surface area contributed by atoms with E-state index >= 15 is 0 Å². The van der Waals surface area contributed by atoms with E-state index in [-0.39, 0.29) is 12.1 Å². The van der Waals surface area contributed by atoms with Crippen molar-refractivity contribution in [2.24, 2.45) is 5.92 Å². The second kappa shape index (κ2) is 4.73. The zero-order valence-electron chi connectivity index (χ0n) is 10.7. The molecule has 0 amide bonds. The zero-order chi connectivity index (χ0) is 12.5. The van der Waals surface area contributed by atoms with Gasteiger partial charge in [-0.2, -0.15) is 0 Å². The first-order valence-corrected chi connectivity index (χ1v) is 6.68. The van der Waals surface area contributed by atoms with Crippen molar-refractivity contribution < 1.29 is 9.53 Å². The lowest BCUT2D eigenvalue weighted by Crippen LogP contribution is -2.55. The molecule has 0 radical (unpaired) electrons. The Bertz CT molecular complexity index is 431. The Kier molecular flexibility index (Phi) is 3.08. The number of benzene rings is 1. The SMILES string of the molecule is CC(=O)O[C@H]1CN2CC[C@@H]1[C@@H](c1ccccc1)C2. The number of hydrogen-bond acceptors (Lipinski definition) is 3. The van der Waals surface area contributed by atoms with Crippen LogP contribution in [0.3, 0.4) is 0 Å². The van der Waals surface area contributed by atoms with Gasteiger partial charge in [0.2, 0.25) is 0 Å². The minimum atomic E-state index is -0.152. The lowest BCUT2D eigenvalue weighted by molar-refractivity contribution is -0.157. The molecule has 4 atom stereocenters. The largest absolute Gasteiger partial charge is 0.461 e. The first kappa shape index (κ1) is 11.7. The number of nitrogens with zero attached hydrogens (tertiary/aromatic N) is 1. The van der Waals surface area contributed by atoms with Gasteiger partial charge in [-0.3, -0.25) is 9.69 Å². The number of piperidine rings is 3. The first-order chi connectivity index (χ1) is 8.74. The highest BCUT2D eigenvalue weighted by molar-refractivity contribution is 5.66. The molecule has 2 bridgehead atoms. The maximum atomic E-state index is 11.2. The van der Waals surface area contributed by atoms with Gasteiger partial charge >= 0.3 is 5.97 Å². The van der Waals surface area contributed by atoms with Crippen molar-refractivity contribution in [2.75, 3.05) is 19.6 Å². The van der Waals surface area contributed by atoms with E-state index in [1.165, 1.54) is 12.5 Å². The molecule has 0 aromatic heterocycles. The van der Waals surface area contributed by atoms with E-state index in [4.69, 9.17) is 4.74 Å². The molecule has 4 rings (SSSR count). The Balaban J connectivity index is 1.82. The molecule has 3 fully saturated rings. The summed E-state index contributed by atoms with van der Waals surface area (Å²) in [5, 5.41) is 0. The van der Waals surface area contributed by atoms with Crippen LogP contribution in [0.25, 0.3) is 0 Å². The van der Waals surface area contributed by atoms with Crippen molar-refractivity contribution in [3.05, 3.63) is 35.9 Å². The quantitative estimate of drug-likeness (QED) is 0.747. The van der Waals surface area contributed by atoms with Gasteiger partial charge in [-0.05, 0) is 18.5 Å². The third-order valence-corrected chi connectivity index (χ3v) is 4.21. The topological polar surface area (TPSA) is 29.5 Å². The fourth-order valence-electron chi connectivity index (χ4n) is 3.43. The molecule has 1 unspecified atom stereocenters. The molecule has 3 aliphatic rings. The summed E-state index contributed by atoms with van der Waals surface area (Å²) in [4.78, 5) is 13.6. The normalized spacial score (nSPS) is 34.3. The summed E-state index contributed by atoms with van der Waals surface area (Å²) in [7, 11) is 0. The molecule has 96 valence electrons. The number of ether oxygens (including phenoxy) is 1. The van der Waals surface area contributed by atoms with Gasteiger partial charge in [0, 0.05) is 31.8 Å². The fourth-order valence-corrected chi connectivity index (χ4v) is 3.43. The van der Waals surface area contributed by atoms with Gasteiger partial charge in [-0.25, -0.2) is 0 Å². The van der Waals surface area contributed by atoms with Crippen LogP contribution < -0.4 is 0 Å². The van der Waals surface area contributed by atoms with Crippen LogP contribution in [0.1, 0.15) is 24.8 Å². The van der Waals surface area contributed by atoms with Crippen molar-refractivity contribution in [2.45, 2.75) is 25.4 Å². The number of fused-ring (bicyclic) bond motifs is 3. The van der Waals surface area contributed by atoms with Crippen LogP contribution in [0, 0.1) is 5.92 Å². The molecule has 18 heavy (non-hydrogen) atoms. The van der Waals surface area contributed by atoms with Crippen LogP contribution in [0.15, 0.2) is 30.3 Å². The Hall–Kier alpha value is -1.35. The molecule has 3 heterocycles. The Labute approximate surface area is 108 Å². The molecule has 3 saturated heterocycles. The number of carbonyl (C=O) groups excluding carboxylic acids is 1. The van der Waals surface area contributed by atoms with E-state index in [1.807, 2.05) is 0 Å². The van der Waals surface area contributed by atoms with Crippen LogP contribution in [0.2, 0.25) is 0 Å².